The van der Waals surface area contributed by atoms with E-state index in [0.29, 0.717) is 19.6 Å². The first-order valence-corrected chi connectivity index (χ1v) is 4.58. The SMILES string of the molecule is Cn1ncnc1CN1C[C@@H](O)[C@@H](O)C1. The maximum Gasteiger partial charge on any atom is 0.140 e. The Bertz CT molecular complexity index is 304. The highest BCUT2D eigenvalue weighted by Gasteiger charge is 2.29. The number of nitrogens with zero attached hydrogens (tertiary/aromatic N) is 4. The largest absolute Gasteiger partial charge is 0.389 e. The van der Waals surface area contributed by atoms with E-state index in [1.165, 1.54) is 6.33 Å². The summed E-state index contributed by atoms with van der Waals surface area (Å²) in [5.41, 5.74) is 0. The molecule has 0 saturated carbocycles. The summed E-state index contributed by atoms with van der Waals surface area (Å²) in [5.74, 6) is 0.839. The van der Waals surface area contributed by atoms with Crippen LogP contribution in [0.3, 0.4) is 0 Å². The Morgan fingerprint density at radius 3 is 2.57 bits per heavy atom. The van der Waals surface area contributed by atoms with E-state index in [2.05, 4.69) is 10.1 Å². The van der Waals surface area contributed by atoms with Crippen molar-refractivity contribution < 1.29 is 10.2 Å². The van der Waals surface area contributed by atoms with Crippen molar-refractivity contribution in [3.63, 3.8) is 0 Å². The van der Waals surface area contributed by atoms with Crippen LogP contribution in [0, 0.1) is 0 Å². The van der Waals surface area contributed by atoms with Crippen LogP contribution in [0.15, 0.2) is 6.33 Å². The van der Waals surface area contributed by atoms with E-state index >= 15 is 0 Å². The fourth-order valence-corrected chi connectivity index (χ4v) is 1.64. The van der Waals surface area contributed by atoms with E-state index in [1.807, 2.05) is 11.9 Å². The number of hydrogen-bond acceptors (Lipinski definition) is 5. The Morgan fingerprint density at radius 1 is 1.43 bits per heavy atom. The molecule has 0 aromatic carbocycles. The molecular weight excluding hydrogens is 184 g/mol. The molecule has 2 heterocycles. The predicted molar refractivity (Wildman–Crippen MR) is 48.3 cm³/mol. The minimum absolute atomic E-state index is 0.494. The number of aliphatic hydroxyl groups excluding tert-OH is 2. The minimum atomic E-state index is -0.636. The van der Waals surface area contributed by atoms with Crippen molar-refractivity contribution in [3.05, 3.63) is 12.2 Å². The first-order valence-electron chi connectivity index (χ1n) is 4.58. The van der Waals surface area contributed by atoms with Crippen molar-refractivity contribution >= 4 is 0 Å². The average molecular weight is 198 g/mol. The summed E-state index contributed by atoms with van der Waals surface area (Å²) < 4.78 is 1.69. The van der Waals surface area contributed by atoms with E-state index in [0.717, 1.165) is 5.82 Å². The van der Waals surface area contributed by atoms with Crippen molar-refractivity contribution in [2.75, 3.05) is 13.1 Å². The first kappa shape index (κ1) is 9.57. The number of likely N-dealkylation sites (tertiary alicyclic amines) is 1. The van der Waals surface area contributed by atoms with Gasteiger partial charge in [0.15, 0.2) is 0 Å². The van der Waals surface area contributed by atoms with Gasteiger partial charge in [-0.05, 0) is 0 Å². The molecule has 2 rings (SSSR count). The van der Waals surface area contributed by atoms with Crippen molar-refractivity contribution in [1.82, 2.24) is 19.7 Å². The van der Waals surface area contributed by atoms with E-state index in [9.17, 15) is 10.2 Å². The highest BCUT2D eigenvalue weighted by molar-refractivity contribution is 4.89. The molecule has 1 aromatic heterocycles. The van der Waals surface area contributed by atoms with E-state index in [-0.39, 0.29) is 0 Å². The molecule has 0 bridgehead atoms. The highest BCUT2D eigenvalue weighted by Crippen LogP contribution is 2.12. The molecule has 78 valence electrons. The van der Waals surface area contributed by atoms with Gasteiger partial charge in [-0.2, -0.15) is 5.10 Å². The van der Waals surface area contributed by atoms with Crippen LogP contribution >= 0.6 is 0 Å². The number of aromatic nitrogens is 3. The van der Waals surface area contributed by atoms with Gasteiger partial charge in [-0.1, -0.05) is 0 Å². The molecule has 0 spiro atoms. The Labute approximate surface area is 81.8 Å². The van der Waals surface area contributed by atoms with Crippen molar-refractivity contribution in [2.45, 2.75) is 18.8 Å². The van der Waals surface area contributed by atoms with E-state index in [1.54, 1.807) is 4.68 Å². The van der Waals surface area contributed by atoms with Gasteiger partial charge in [-0.25, -0.2) is 4.98 Å². The van der Waals surface area contributed by atoms with Crippen LogP contribution in [0.4, 0.5) is 0 Å². The molecule has 1 saturated heterocycles. The highest BCUT2D eigenvalue weighted by atomic mass is 16.3. The average Bonchev–Trinajstić information content (AvgIpc) is 2.63. The monoisotopic (exact) mass is 198 g/mol. The Kier molecular flexibility index (Phi) is 2.49. The molecule has 1 aromatic rings. The maximum atomic E-state index is 9.33. The maximum absolute atomic E-state index is 9.33. The van der Waals surface area contributed by atoms with Crippen LogP contribution in [0.2, 0.25) is 0 Å². The molecule has 0 aliphatic carbocycles. The van der Waals surface area contributed by atoms with Crippen LogP contribution in [-0.4, -0.2) is 55.2 Å². The van der Waals surface area contributed by atoms with Gasteiger partial charge in [-0.3, -0.25) is 9.58 Å². The molecule has 1 aliphatic heterocycles. The molecule has 2 N–H and O–H groups in total. The van der Waals surface area contributed by atoms with Crippen molar-refractivity contribution in [3.8, 4) is 0 Å². The summed E-state index contributed by atoms with van der Waals surface area (Å²) in [4.78, 5) is 6.03. The molecule has 1 aliphatic rings. The second kappa shape index (κ2) is 3.64. The first-order chi connectivity index (χ1) is 6.66. The van der Waals surface area contributed by atoms with Gasteiger partial charge in [0.25, 0.3) is 0 Å². The molecule has 0 radical (unpaired) electrons. The number of β-amino-alcohol motifs (C(OH)–C–C–N with tert-alkyl or cyclic N) is 2. The molecular formula is C8H14N4O2. The van der Waals surface area contributed by atoms with Gasteiger partial charge in [-0.15, -0.1) is 0 Å². The third-order valence-electron chi connectivity index (χ3n) is 2.50. The number of hydrogen-bond donors (Lipinski definition) is 2. The molecule has 1 fully saturated rings. The van der Waals surface area contributed by atoms with Crippen molar-refractivity contribution in [1.29, 1.82) is 0 Å². The Balaban J connectivity index is 1.97. The zero-order valence-electron chi connectivity index (χ0n) is 8.04. The van der Waals surface area contributed by atoms with Gasteiger partial charge in [0.05, 0.1) is 18.8 Å². The fraction of sp³-hybridized carbons (Fsp3) is 0.750. The molecule has 6 nitrogen and oxygen atoms in total. The van der Waals surface area contributed by atoms with Crippen LogP contribution in [0.1, 0.15) is 5.82 Å². The second-order valence-electron chi connectivity index (χ2n) is 3.63. The predicted octanol–water partition coefficient (Wildman–Crippen LogP) is -1.65. The van der Waals surface area contributed by atoms with Gasteiger partial charge < -0.3 is 10.2 Å². The molecule has 2 atom stereocenters. The van der Waals surface area contributed by atoms with Crippen LogP contribution in [-0.2, 0) is 13.6 Å². The molecule has 14 heavy (non-hydrogen) atoms. The summed E-state index contributed by atoms with van der Waals surface area (Å²) in [7, 11) is 1.82. The quantitative estimate of drug-likeness (QED) is 0.595. The summed E-state index contributed by atoms with van der Waals surface area (Å²) in [6.45, 7) is 1.60. The summed E-state index contributed by atoms with van der Waals surface area (Å²) in [6, 6.07) is 0. The van der Waals surface area contributed by atoms with Crippen LogP contribution in [0.25, 0.3) is 0 Å². The lowest BCUT2D eigenvalue weighted by Gasteiger charge is -2.13. The standard InChI is InChI=1S/C8H14N4O2/c1-11-8(9-5-10-11)4-12-2-6(13)7(14)3-12/h5-7,13-14H,2-4H2,1H3/t6-,7+. The Morgan fingerprint density at radius 2 is 2.07 bits per heavy atom. The summed E-state index contributed by atoms with van der Waals surface area (Å²) in [6.07, 6.45) is 0.226. The lowest BCUT2D eigenvalue weighted by Crippen LogP contribution is -2.23. The number of aliphatic hydroxyl groups is 2. The van der Waals surface area contributed by atoms with Gasteiger partial charge in [0, 0.05) is 20.1 Å². The second-order valence-corrected chi connectivity index (χ2v) is 3.63. The topological polar surface area (TPSA) is 74.4 Å². The molecule has 6 heteroatoms. The van der Waals surface area contributed by atoms with Crippen LogP contribution in [0.5, 0.6) is 0 Å². The minimum Gasteiger partial charge on any atom is -0.389 e. The van der Waals surface area contributed by atoms with E-state index < -0.39 is 12.2 Å². The van der Waals surface area contributed by atoms with Gasteiger partial charge >= 0.3 is 0 Å². The normalized spacial score (nSPS) is 28.5. The molecule has 0 amide bonds. The van der Waals surface area contributed by atoms with Gasteiger partial charge in [0.1, 0.15) is 12.2 Å². The molecule has 0 unspecified atom stereocenters. The zero-order valence-corrected chi connectivity index (χ0v) is 8.04. The van der Waals surface area contributed by atoms with E-state index in [4.69, 9.17) is 0 Å². The van der Waals surface area contributed by atoms with Gasteiger partial charge in [0.2, 0.25) is 0 Å². The zero-order chi connectivity index (χ0) is 10.1. The number of aryl methyl sites for hydroxylation is 1. The lowest BCUT2D eigenvalue weighted by atomic mass is 10.3. The summed E-state index contributed by atoms with van der Waals surface area (Å²) >= 11 is 0. The number of rotatable bonds is 2. The fourth-order valence-electron chi connectivity index (χ4n) is 1.64. The summed E-state index contributed by atoms with van der Waals surface area (Å²) in [5, 5.41) is 22.6. The third-order valence-corrected chi connectivity index (χ3v) is 2.50. The smallest absolute Gasteiger partial charge is 0.140 e. The van der Waals surface area contributed by atoms with Crippen molar-refractivity contribution in [2.24, 2.45) is 7.05 Å². The third kappa shape index (κ3) is 1.77. The van der Waals surface area contributed by atoms with Crippen LogP contribution < -0.4 is 0 Å². The Hall–Kier alpha value is -0.980. The lowest BCUT2D eigenvalue weighted by molar-refractivity contribution is 0.0572.